The molecule has 3 rings (SSSR count). The first kappa shape index (κ1) is 18.8. The number of hydrogen-bond acceptors (Lipinski definition) is 4. The molecular weight excluding hydrogens is 350 g/mol. The largest absolute Gasteiger partial charge is 0.383 e. The lowest BCUT2D eigenvalue weighted by Gasteiger charge is -2.28. The standard InChI is InChI=1S/C19H25N3O3S/c1-12-10-14(13(2)22(12)15-6-4-5-7-15)11-16-17(23)20-19(26)21(18(16)24)8-9-25-3/h10-11,15H,4-9H2,1-3H3,(H,20,23,26)/b16-11-. The Morgan fingerprint density at radius 1 is 1.31 bits per heavy atom. The molecule has 2 amide bonds. The van der Waals surface area contributed by atoms with Crippen molar-refractivity contribution in [3.63, 3.8) is 0 Å². The lowest BCUT2D eigenvalue weighted by atomic mass is 10.1. The van der Waals surface area contributed by atoms with Gasteiger partial charge in [-0.3, -0.25) is 19.8 Å². The van der Waals surface area contributed by atoms with Crippen molar-refractivity contribution in [3.8, 4) is 0 Å². The van der Waals surface area contributed by atoms with Crippen molar-refractivity contribution in [2.24, 2.45) is 0 Å². The van der Waals surface area contributed by atoms with Crippen LogP contribution in [0.2, 0.25) is 0 Å². The van der Waals surface area contributed by atoms with Crippen LogP contribution in [-0.4, -0.2) is 46.7 Å². The normalized spacial score (nSPS) is 20.3. The van der Waals surface area contributed by atoms with Crippen LogP contribution in [0.5, 0.6) is 0 Å². The van der Waals surface area contributed by atoms with Crippen LogP contribution in [0.3, 0.4) is 0 Å². The second-order valence-electron chi connectivity index (χ2n) is 6.90. The summed E-state index contributed by atoms with van der Waals surface area (Å²) in [5, 5.41) is 2.73. The summed E-state index contributed by atoms with van der Waals surface area (Å²) in [7, 11) is 1.56. The molecule has 6 nitrogen and oxygen atoms in total. The van der Waals surface area contributed by atoms with Gasteiger partial charge in [0.05, 0.1) is 13.2 Å². The maximum Gasteiger partial charge on any atom is 0.265 e. The minimum Gasteiger partial charge on any atom is -0.383 e. The van der Waals surface area contributed by atoms with E-state index < -0.39 is 5.91 Å². The molecule has 0 unspecified atom stereocenters. The molecule has 7 heteroatoms. The number of carbonyl (C=O) groups is 2. The number of nitrogens with one attached hydrogen (secondary N) is 1. The summed E-state index contributed by atoms with van der Waals surface area (Å²) >= 11 is 5.12. The van der Waals surface area contributed by atoms with Gasteiger partial charge in [-0.1, -0.05) is 12.8 Å². The number of thiocarbonyl (C=S) groups is 1. The molecule has 26 heavy (non-hydrogen) atoms. The van der Waals surface area contributed by atoms with Crippen molar-refractivity contribution in [1.29, 1.82) is 0 Å². The molecule has 2 aliphatic rings. The fourth-order valence-electron chi connectivity index (χ4n) is 3.91. The zero-order valence-electron chi connectivity index (χ0n) is 15.5. The molecular formula is C19H25N3O3S. The third kappa shape index (κ3) is 3.46. The molecule has 1 aliphatic heterocycles. The van der Waals surface area contributed by atoms with Crippen molar-refractivity contribution in [2.75, 3.05) is 20.3 Å². The van der Waals surface area contributed by atoms with E-state index in [1.807, 2.05) is 6.07 Å². The Balaban J connectivity index is 1.93. The number of methoxy groups -OCH3 is 1. The van der Waals surface area contributed by atoms with Gasteiger partial charge in [0, 0.05) is 24.5 Å². The number of amides is 2. The fraction of sp³-hybridized carbons (Fsp3) is 0.526. The number of aryl methyl sites for hydroxylation is 1. The van der Waals surface area contributed by atoms with Crippen LogP contribution in [0, 0.1) is 13.8 Å². The van der Waals surface area contributed by atoms with Crippen molar-refractivity contribution in [3.05, 3.63) is 28.6 Å². The smallest absolute Gasteiger partial charge is 0.265 e. The molecule has 1 aliphatic carbocycles. The topological polar surface area (TPSA) is 63.6 Å². The van der Waals surface area contributed by atoms with Gasteiger partial charge in [-0.15, -0.1) is 0 Å². The minimum absolute atomic E-state index is 0.112. The molecule has 0 bridgehead atoms. The summed E-state index contributed by atoms with van der Waals surface area (Å²) in [6.45, 7) is 4.80. The van der Waals surface area contributed by atoms with Crippen LogP contribution in [0.25, 0.3) is 6.08 Å². The number of hydrogen-bond donors (Lipinski definition) is 1. The number of ether oxygens (including phenoxy) is 1. The summed E-state index contributed by atoms with van der Waals surface area (Å²) in [4.78, 5) is 26.5. The molecule has 0 atom stereocenters. The highest BCUT2D eigenvalue weighted by Gasteiger charge is 2.33. The van der Waals surface area contributed by atoms with Crippen molar-refractivity contribution >= 4 is 35.2 Å². The number of carbonyl (C=O) groups excluding carboxylic acids is 2. The maximum atomic E-state index is 12.8. The summed E-state index contributed by atoms with van der Waals surface area (Å²) in [5.41, 5.74) is 3.28. The minimum atomic E-state index is -0.445. The number of aromatic nitrogens is 1. The lowest BCUT2D eigenvalue weighted by molar-refractivity contribution is -0.129. The Morgan fingerprint density at radius 2 is 2.00 bits per heavy atom. The molecule has 140 valence electrons. The summed E-state index contributed by atoms with van der Waals surface area (Å²) < 4.78 is 7.37. The Morgan fingerprint density at radius 3 is 2.65 bits per heavy atom. The second kappa shape index (κ2) is 7.72. The summed E-state index contributed by atoms with van der Waals surface area (Å²) in [6, 6.07) is 2.57. The predicted molar refractivity (Wildman–Crippen MR) is 104 cm³/mol. The van der Waals surface area contributed by atoms with Crippen LogP contribution < -0.4 is 5.32 Å². The van der Waals surface area contributed by atoms with Crippen LogP contribution in [-0.2, 0) is 14.3 Å². The molecule has 1 aromatic heterocycles. The molecule has 0 spiro atoms. The van der Waals surface area contributed by atoms with E-state index in [1.54, 1.807) is 13.2 Å². The molecule has 1 aromatic rings. The van der Waals surface area contributed by atoms with Gasteiger partial charge >= 0.3 is 0 Å². The van der Waals surface area contributed by atoms with E-state index in [0.717, 1.165) is 17.0 Å². The highest BCUT2D eigenvalue weighted by Crippen LogP contribution is 2.34. The zero-order valence-corrected chi connectivity index (χ0v) is 16.3. The van der Waals surface area contributed by atoms with E-state index in [2.05, 4.69) is 23.7 Å². The van der Waals surface area contributed by atoms with E-state index in [9.17, 15) is 9.59 Å². The SMILES string of the molecule is COCCN1C(=O)/C(=C\c2cc(C)n(C3CCCC3)c2C)C(=O)NC1=S. The molecule has 1 N–H and O–H groups in total. The Hall–Kier alpha value is -1.99. The van der Waals surface area contributed by atoms with Crippen LogP contribution in [0.1, 0.15) is 48.7 Å². The molecule has 1 saturated heterocycles. The van der Waals surface area contributed by atoms with Crippen LogP contribution in [0.4, 0.5) is 0 Å². The number of nitrogens with zero attached hydrogens (tertiary/aromatic N) is 2. The first-order chi connectivity index (χ1) is 12.4. The van der Waals surface area contributed by atoms with Gasteiger partial charge in [0.25, 0.3) is 11.8 Å². The van der Waals surface area contributed by atoms with Gasteiger partial charge in [-0.05, 0) is 56.6 Å². The fourth-order valence-corrected chi connectivity index (χ4v) is 4.18. The maximum absolute atomic E-state index is 12.8. The quantitative estimate of drug-likeness (QED) is 0.488. The number of rotatable bonds is 5. The highest BCUT2D eigenvalue weighted by atomic mass is 32.1. The highest BCUT2D eigenvalue weighted by molar-refractivity contribution is 7.80. The predicted octanol–water partition coefficient (Wildman–Crippen LogP) is 2.49. The van der Waals surface area contributed by atoms with Gasteiger partial charge < -0.3 is 9.30 Å². The lowest BCUT2D eigenvalue weighted by Crippen LogP contribution is -2.54. The van der Waals surface area contributed by atoms with Gasteiger partial charge in [-0.2, -0.15) is 0 Å². The molecule has 0 radical (unpaired) electrons. The van der Waals surface area contributed by atoms with E-state index in [0.29, 0.717) is 19.2 Å². The summed E-state index contributed by atoms with van der Waals surface area (Å²) in [5.74, 6) is -0.819. The van der Waals surface area contributed by atoms with E-state index in [1.165, 1.54) is 30.6 Å². The third-order valence-electron chi connectivity index (χ3n) is 5.22. The van der Waals surface area contributed by atoms with Gasteiger partial charge in [0.1, 0.15) is 5.57 Å². The Kier molecular flexibility index (Phi) is 5.58. The van der Waals surface area contributed by atoms with Crippen LogP contribution in [0.15, 0.2) is 11.6 Å². The van der Waals surface area contributed by atoms with Gasteiger partial charge in [0.2, 0.25) is 0 Å². The Bertz CT molecular complexity index is 775. The van der Waals surface area contributed by atoms with Crippen molar-refractivity contribution < 1.29 is 14.3 Å². The molecule has 2 heterocycles. The Labute approximate surface area is 159 Å². The average molecular weight is 375 g/mol. The van der Waals surface area contributed by atoms with E-state index in [4.69, 9.17) is 17.0 Å². The summed E-state index contributed by atoms with van der Waals surface area (Å²) in [6.07, 6.45) is 6.57. The average Bonchev–Trinajstić information content (AvgIpc) is 3.19. The van der Waals surface area contributed by atoms with Crippen molar-refractivity contribution in [2.45, 2.75) is 45.6 Å². The van der Waals surface area contributed by atoms with Crippen LogP contribution >= 0.6 is 12.2 Å². The first-order valence-electron chi connectivity index (χ1n) is 9.00. The monoisotopic (exact) mass is 375 g/mol. The first-order valence-corrected chi connectivity index (χ1v) is 9.41. The molecule has 2 fully saturated rings. The third-order valence-corrected chi connectivity index (χ3v) is 5.54. The van der Waals surface area contributed by atoms with Crippen molar-refractivity contribution in [1.82, 2.24) is 14.8 Å². The van der Waals surface area contributed by atoms with Gasteiger partial charge in [0.15, 0.2) is 5.11 Å². The van der Waals surface area contributed by atoms with E-state index in [-0.39, 0.29) is 16.6 Å². The second-order valence-corrected chi connectivity index (χ2v) is 7.29. The molecule has 0 aromatic carbocycles. The van der Waals surface area contributed by atoms with Gasteiger partial charge in [-0.25, -0.2) is 0 Å². The van der Waals surface area contributed by atoms with E-state index >= 15 is 0 Å². The molecule has 1 saturated carbocycles. The zero-order chi connectivity index (χ0) is 18.8.